The zero-order valence-corrected chi connectivity index (χ0v) is 15.4. The van der Waals surface area contributed by atoms with Crippen molar-refractivity contribution in [2.24, 2.45) is 5.92 Å². The molecule has 0 radical (unpaired) electrons. The number of benzene rings is 1. The zero-order chi connectivity index (χ0) is 18.6. The summed E-state index contributed by atoms with van der Waals surface area (Å²) in [5.41, 5.74) is 1.45. The lowest BCUT2D eigenvalue weighted by molar-refractivity contribution is 0.0829. The van der Waals surface area contributed by atoms with E-state index in [-0.39, 0.29) is 24.1 Å². The van der Waals surface area contributed by atoms with Gasteiger partial charge in [0.05, 0.1) is 6.04 Å². The summed E-state index contributed by atoms with van der Waals surface area (Å²) in [6.45, 7) is 8.46. The summed E-state index contributed by atoms with van der Waals surface area (Å²) >= 11 is 0. The number of likely N-dealkylation sites (tertiary alicyclic amines) is 1. The number of carboxylic acid groups (broad SMARTS) is 1. The minimum Gasteiger partial charge on any atom is -0.465 e. The first-order valence-electron chi connectivity index (χ1n) is 8.71. The normalized spacial score (nSPS) is 20.9. The first-order chi connectivity index (χ1) is 11.7. The van der Waals surface area contributed by atoms with Gasteiger partial charge in [0.25, 0.3) is 0 Å². The summed E-state index contributed by atoms with van der Waals surface area (Å²) in [5, 5.41) is 12.2. The van der Waals surface area contributed by atoms with Crippen molar-refractivity contribution in [3.8, 4) is 0 Å². The van der Waals surface area contributed by atoms with Crippen LogP contribution in [0.3, 0.4) is 0 Å². The molecule has 2 N–H and O–H groups in total. The van der Waals surface area contributed by atoms with E-state index in [0.717, 1.165) is 24.0 Å². The van der Waals surface area contributed by atoms with Gasteiger partial charge >= 0.3 is 12.2 Å². The lowest BCUT2D eigenvalue weighted by Crippen LogP contribution is -2.41. The van der Waals surface area contributed by atoms with Gasteiger partial charge < -0.3 is 20.1 Å². The van der Waals surface area contributed by atoms with E-state index >= 15 is 0 Å². The summed E-state index contributed by atoms with van der Waals surface area (Å²) in [4.78, 5) is 24.9. The van der Waals surface area contributed by atoms with Crippen LogP contribution in [-0.4, -0.2) is 34.3 Å². The maximum absolute atomic E-state index is 11.8. The average molecular weight is 348 g/mol. The van der Waals surface area contributed by atoms with Crippen LogP contribution < -0.4 is 5.32 Å². The highest BCUT2D eigenvalue weighted by molar-refractivity contribution is 5.68. The Hall–Kier alpha value is -2.24. The second kappa shape index (κ2) is 7.76. The van der Waals surface area contributed by atoms with Crippen LogP contribution in [-0.2, 0) is 11.3 Å². The Bertz CT molecular complexity index is 624. The molecule has 6 heteroatoms. The fourth-order valence-electron chi connectivity index (χ4n) is 3.27. The fraction of sp³-hybridized carbons (Fsp3) is 0.579. The monoisotopic (exact) mass is 348 g/mol. The van der Waals surface area contributed by atoms with Crippen molar-refractivity contribution in [2.75, 3.05) is 6.54 Å². The van der Waals surface area contributed by atoms with Gasteiger partial charge in [0, 0.05) is 12.1 Å². The molecule has 1 aliphatic rings. The molecule has 25 heavy (non-hydrogen) atoms. The summed E-state index contributed by atoms with van der Waals surface area (Å²) in [6, 6.07) is 7.49. The Balaban J connectivity index is 2.09. The molecule has 0 saturated carbocycles. The molecule has 0 bridgehead atoms. The van der Waals surface area contributed by atoms with Crippen LogP contribution in [0.4, 0.5) is 9.59 Å². The summed E-state index contributed by atoms with van der Waals surface area (Å²) < 4.78 is 5.27. The van der Waals surface area contributed by atoms with Crippen LogP contribution in [0.2, 0.25) is 0 Å². The molecule has 138 valence electrons. The molecule has 1 aromatic carbocycles. The van der Waals surface area contributed by atoms with Gasteiger partial charge in [0.1, 0.15) is 6.61 Å². The van der Waals surface area contributed by atoms with E-state index in [1.807, 2.05) is 45.0 Å². The molecular formula is C19H28N2O4. The molecule has 2 atom stereocenters. The number of ether oxygens (including phenoxy) is 1. The van der Waals surface area contributed by atoms with E-state index in [2.05, 4.69) is 12.2 Å². The lowest BCUT2D eigenvalue weighted by atomic mass is 9.86. The van der Waals surface area contributed by atoms with Gasteiger partial charge in [-0.05, 0) is 50.7 Å². The molecule has 2 rings (SSSR count). The lowest BCUT2D eigenvalue weighted by Gasteiger charge is -2.38. The van der Waals surface area contributed by atoms with E-state index < -0.39 is 12.2 Å². The molecule has 6 nitrogen and oxygen atoms in total. The number of rotatable bonds is 3. The second-order valence-corrected chi connectivity index (χ2v) is 7.74. The van der Waals surface area contributed by atoms with E-state index in [4.69, 9.17) is 4.74 Å². The minimum absolute atomic E-state index is 0.157. The van der Waals surface area contributed by atoms with Gasteiger partial charge in [-0.3, -0.25) is 0 Å². The van der Waals surface area contributed by atoms with Gasteiger partial charge in [-0.15, -0.1) is 0 Å². The standard InChI is InChI=1S/C19H28N2O4/c1-13-7-6-10-21(18(23)24)16(13)15-9-5-8-14(11-15)12-25-17(22)20-19(2,3)4/h5,8-9,11,13,16H,6-7,10,12H2,1-4H3,(H,20,22)(H,23,24)/t13-,16+/m1/s1. The number of amides is 2. The van der Waals surface area contributed by atoms with Crippen LogP contribution in [0.15, 0.2) is 24.3 Å². The smallest absolute Gasteiger partial charge is 0.407 e. The average Bonchev–Trinajstić information content (AvgIpc) is 2.51. The fourth-order valence-corrected chi connectivity index (χ4v) is 3.27. The highest BCUT2D eigenvalue weighted by Crippen LogP contribution is 2.36. The molecule has 1 heterocycles. The Kier molecular flexibility index (Phi) is 5.93. The van der Waals surface area contributed by atoms with Crippen molar-refractivity contribution in [1.29, 1.82) is 0 Å². The Morgan fingerprint density at radius 1 is 1.36 bits per heavy atom. The molecular weight excluding hydrogens is 320 g/mol. The number of nitrogens with zero attached hydrogens (tertiary/aromatic N) is 1. The molecule has 0 aromatic heterocycles. The van der Waals surface area contributed by atoms with Crippen molar-refractivity contribution in [3.05, 3.63) is 35.4 Å². The first kappa shape index (κ1) is 19.1. The number of hydrogen-bond acceptors (Lipinski definition) is 3. The second-order valence-electron chi connectivity index (χ2n) is 7.74. The Labute approximate surface area is 149 Å². The Morgan fingerprint density at radius 3 is 2.72 bits per heavy atom. The predicted octanol–water partition coefficient (Wildman–Crippen LogP) is 4.16. The molecule has 1 saturated heterocycles. The maximum Gasteiger partial charge on any atom is 0.407 e. The highest BCUT2D eigenvalue weighted by atomic mass is 16.5. The third-order valence-electron chi connectivity index (χ3n) is 4.32. The number of carbonyl (C=O) groups excluding carboxylic acids is 1. The van der Waals surface area contributed by atoms with Crippen LogP contribution in [0.25, 0.3) is 0 Å². The number of piperidine rings is 1. The quantitative estimate of drug-likeness (QED) is 0.859. The third-order valence-corrected chi connectivity index (χ3v) is 4.32. The van der Waals surface area contributed by atoms with Crippen LogP contribution in [0, 0.1) is 5.92 Å². The molecule has 0 unspecified atom stereocenters. The molecule has 1 fully saturated rings. The summed E-state index contributed by atoms with van der Waals surface area (Å²) in [7, 11) is 0. The van der Waals surface area contributed by atoms with Gasteiger partial charge in [-0.2, -0.15) is 0 Å². The van der Waals surface area contributed by atoms with Crippen LogP contribution in [0.5, 0.6) is 0 Å². The zero-order valence-electron chi connectivity index (χ0n) is 15.4. The van der Waals surface area contributed by atoms with E-state index in [1.54, 1.807) is 0 Å². The minimum atomic E-state index is -0.886. The van der Waals surface area contributed by atoms with E-state index in [0.29, 0.717) is 6.54 Å². The summed E-state index contributed by atoms with van der Waals surface area (Å²) in [5.74, 6) is 0.255. The Morgan fingerprint density at radius 2 is 2.08 bits per heavy atom. The third kappa shape index (κ3) is 5.37. The number of carbonyl (C=O) groups is 2. The van der Waals surface area contributed by atoms with Crippen LogP contribution in [0.1, 0.15) is 57.7 Å². The number of alkyl carbamates (subject to hydrolysis) is 1. The number of hydrogen-bond donors (Lipinski definition) is 2. The molecule has 2 amide bonds. The largest absolute Gasteiger partial charge is 0.465 e. The van der Waals surface area contributed by atoms with Gasteiger partial charge in [-0.25, -0.2) is 9.59 Å². The topological polar surface area (TPSA) is 78.9 Å². The van der Waals surface area contributed by atoms with Gasteiger partial charge in [0.2, 0.25) is 0 Å². The van der Waals surface area contributed by atoms with Gasteiger partial charge in [0.15, 0.2) is 0 Å². The highest BCUT2D eigenvalue weighted by Gasteiger charge is 2.33. The summed E-state index contributed by atoms with van der Waals surface area (Å²) in [6.07, 6.45) is 0.543. The van der Waals surface area contributed by atoms with Crippen molar-refractivity contribution >= 4 is 12.2 Å². The van der Waals surface area contributed by atoms with Crippen molar-refractivity contribution in [3.63, 3.8) is 0 Å². The van der Waals surface area contributed by atoms with Crippen molar-refractivity contribution < 1.29 is 19.4 Å². The maximum atomic E-state index is 11.8. The van der Waals surface area contributed by atoms with E-state index in [9.17, 15) is 14.7 Å². The van der Waals surface area contributed by atoms with Crippen LogP contribution >= 0.6 is 0 Å². The first-order valence-corrected chi connectivity index (χ1v) is 8.71. The van der Waals surface area contributed by atoms with Crippen molar-refractivity contribution in [2.45, 2.75) is 58.7 Å². The molecule has 1 aromatic rings. The van der Waals surface area contributed by atoms with E-state index in [1.165, 1.54) is 4.90 Å². The molecule has 1 aliphatic heterocycles. The van der Waals surface area contributed by atoms with Gasteiger partial charge in [-0.1, -0.05) is 31.2 Å². The van der Waals surface area contributed by atoms with Crippen molar-refractivity contribution in [1.82, 2.24) is 10.2 Å². The predicted molar refractivity (Wildman–Crippen MR) is 95.4 cm³/mol. The molecule has 0 spiro atoms. The molecule has 0 aliphatic carbocycles. The SMILES string of the molecule is C[C@@H]1CCCN(C(=O)O)[C@@H]1c1cccc(COC(=O)NC(C)(C)C)c1. The number of nitrogens with one attached hydrogen (secondary N) is 1.